The standard InChI is InChI=1S/C20H24N2O4/c1-15-6-3-4-7-18(15)26-13-5-12-22(2)20(25)21-14-16-8-10-17(11-9-16)19(23)24/h3-4,6-11H,5,12-14H2,1-2H3,(H,21,25)(H,23,24). The van der Waals surface area contributed by atoms with Crippen molar-refractivity contribution in [1.29, 1.82) is 0 Å². The van der Waals surface area contributed by atoms with Crippen molar-refractivity contribution in [1.82, 2.24) is 10.2 Å². The van der Waals surface area contributed by atoms with Gasteiger partial charge in [0, 0.05) is 20.1 Å². The summed E-state index contributed by atoms with van der Waals surface area (Å²) >= 11 is 0. The monoisotopic (exact) mass is 356 g/mol. The van der Waals surface area contributed by atoms with E-state index in [1.165, 1.54) is 12.1 Å². The molecule has 0 atom stereocenters. The van der Waals surface area contributed by atoms with Crippen LogP contribution in [0.25, 0.3) is 0 Å². The third-order valence-corrected chi connectivity index (χ3v) is 3.98. The molecule has 0 aromatic heterocycles. The van der Waals surface area contributed by atoms with E-state index in [-0.39, 0.29) is 11.6 Å². The molecule has 0 saturated carbocycles. The van der Waals surface area contributed by atoms with Gasteiger partial charge >= 0.3 is 12.0 Å². The Kier molecular flexibility index (Phi) is 7.02. The summed E-state index contributed by atoms with van der Waals surface area (Å²) in [5.41, 5.74) is 2.16. The highest BCUT2D eigenvalue weighted by molar-refractivity contribution is 5.87. The first-order chi connectivity index (χ1) is 12.5. The van der Waals surface area contributed by atoms with Crippen LogP contribution in [0.3, 0.4) is 0 Å². The highest BCUT2D eigenvalue weighted by atomic mass is 16.5. The fourth-order valence-electron chi connectivity index (χ4n) is 2.38. The first kappa shape index (κ1) is 19.3. The molecule has 0 saturated heterocycles. The van der Waals surface area contributed by atoms with E-state index >= 15 is 0 Å². The molecule has 0 radical (unpaired) electrons. The number of carboxylic acids is 1. The van der Waals surface area contributed by atoms with Crippen LogP contribution in [0, 0.1) is 6.92 Å². The Morgan fingerprint density at radius 2 is 1.81 bits per heavy atom. The van der Waals surface area contributed by atoms with Crippen molar-refractivity contribution in [2.45, 2.75) is 19.9 Å². The summed E-state index contributed by atoms with van der Waals surface area (Å²) < 4.78 is 5.72. The van der Waals surface area contributed by atoms with Crippen molar-refractivity contribution in [2.75, 3.05) is 20.2 Å². The van der Waals surface area contributed by atoms with Crippen LogP contribution in [-0.4, -0.2) is 42.2 Å². The number of nitrogens with zero attached hydrogens (tertiary/aromatic N) is 1. The largest absolute Gasteiger partial charge is 0.493 e. The lowest BCUT2D eigenvalue weighted by molar-refractivity contribution is 0.0697. The quantitative estimate of drug-likeness (QED) is 0.711. The molecule has 138 valence electrons. The molecule has 0 bridgehead atoms. The van der Waals surface area contributed by atoms with Gasteiger partial charge in [-0.3, -0.25) is 0 Å². The van der Waals surface area contributed by atoms with Crippen LogP contribution < -0.4 is 10.1 Å². The Hall–Kier alpha value is -3.02. The van der Waals surface area contributed by atoms with Crippen LogP contribution in [0.1, 0.15) is 27.9 Å². The lowest BCUT2D eigenvalue weighted by Gasteiger charge is -2.18. The topological polar surface area (TPSA) is 78.9 Å². The Labute approximate surface area is 153 Å². The molecule has 0 aliphatic rings. The third kappa shape index (κ3) is 5.81. The number of rotatable bonds is 8. The molecule has 2 rings (SSSR count). The Morgan fingerprint density at radius 1 is 1.12 bits per heavy atom. The molecule has 2 aromatic carbocycles. The smallest absolute Gasteiger partial charge is 0.335 e. The Balaban J connectivity index is 1.68. The molecule has 0 spiro atoms. The predicted molar refractivity (Wildman–Crippen MR) is 99.6 cm³/mol. The van der Waals surface area contributed by atoms with Gasteiger partial charge in [-0.1, -0.05) is 30.3 Å². The molecular formula is C20H24N2O4. The van der Waals surface area contributed by atoms with E-state index in [4.69, 9.17) is 9.84 Å². The van der Waals surface area contributed by atoms with Gasteiger partial charge < -0.3 is 20.1 Å². The highest BCUT2D eigenvalue weighted by Gasteiger charge is 2.08. The summed E-state index contributed by atoms with van der Waals surface area (Å²) in [5.74, 6) is -0.0994. The second-order valence-electron chi connectivity index (χ2n) is 6.05. The van der Waals surface area contributed by atoms with Crippen LogP contribution in [0.4, 0.5) is 4.79 Å². The number of ether oxygens (including phenoxy) is 1. The van der Waals surface area contributed by atoms with Gasteiger partial charge in [0.2, 0.25) is 0 Å². The molecule has 0 aliphatic heterocycles. The predicted octanol–water partition coefficient (Wildman–Crippen LogP) is 3.30. The summed E-state index contributed by atoms with van der Waals surface area (Å²) in [7, 11) is 1.73. The summed E-state index contributed by atoms with van der Waals surface area (Å²) in [5, 5.41) is 11.7. The van der Waals surface area contributed by atoms with Gasteiger partial charge in [0.25, 0.3) is 0 Å². The number of aryl methyl sites for hydroxylation is 1. The van der Waals surface area contributed by atoms with Crippen molar-refractivity contribution in [2.24, 2.45) is 0 Å². The second-order valence-corrected chi connectivity index (χ2v) is 6.05. The van der Waals surface area contributed by atoms with Gasteiger partial charge in [0.1, 0.15) is 5.75 Å². The van der Waals surface area contributed by atoms with Crippen molar-refractivity contribution in [3.8, 4) is 5.75 Å². The van der Waals surface area contributed by atoms with E-state index in [0.29, 0.717) is 19.7 Å². The SMILES string of the molecule is Cc1ccccc1OCCCN(C)C(=O)NCc1ccc(C(=O)O)cc1. The molecule has 0 fully saturated rings. The number of hydrogen-bond acceptors (Lipinski definition) is 3. The molecule has 2 amide bonds. The first-order valence-corrected chi connectivity index (χ1v) is 8.47. The summed E-state index contributed by atoms with van der Waals surface area (Å²) in [6.45, 7) is 3.47. The molecule has 6 heteroatoms. The molecular weight excluding hydrogens is 332 g/mol. The number of carbonyl (C=O) groups excluding carboxylic acids is 1. The lowest BCUT2D eigenvalue weighted by Crippen LogP contribution is -2.37. The Bertz CT molecular complexity index is 744. The maximum absolute atomic E-state index is 12.1. The summed E-state index contributed by atoms with van der Waals surface area (Å²) in [6, 6.07) is 14.1. The molecule has 0 heterocycles. The number of urea groups is 1. The fraction of sp³-hybridized carbons (Fsp3) is 0.300. The van der Waals surface area contributed by atoms with E-state index in [1.807, 2.05) is 31.2 Å². The van der Waals surface area contributed by atoms with Gasteiger partial charge in [0.05, 0.1) is 12.2 Å². The Morgan fingerprint density at radius 3 is 2.46 bits per heavy atom. The minimum absolute atomic E-state index is 0.178. The third-order valence-electron chi connectivity index (χ3n) is 3.98. The molecule has 0 aliphatic carbocycles. The van der Waals surface area contributed by atoms with Crippen molar-refractivity contribution < 1.29 is 19.4 Å². The van der Waals surface area contributed by atoms with Gasteiger partial charge in [-0.15, -0.1) is 0 Å². The highest BCUT2D eigenvalue weighted by Crippen LogP contribution is 2.16. The molecule has 2 aromatic rings. The van der Waals surface area contributed by atoms with Crippen LogP contribution in [0.15, 0.2) is 48.5 Å². The number of amides is 2. The number of hydrogen-bond donors (Lipinski definition) is 2. The average Bonchev–Trinajstić information content (AvgIpc) is 2.64. The van der Waals surface area contributed by atoms with Gasteiger partial charge in [0.15, 0.2) is 0 Å². The van der Waals surface area contributed by atoms with Crippen molar-refractivity contribution in [3.63, 3.8) is 0 Å². The van der Waals surface area contributed by atoms with Crippen LogP contribution in [-0.2, 0) is 6.54 Å². The fourth-order valence-corrected chi connectivity index (χ4v) is 2.38. The zero-order chi connectivity index (χ0) is 18.9. The molecule has 26 heavy (non-hydrogen) atoms. The van der Waals surface area contributed by atoms with E-state index in [2.05, 4.69) is 5.32 Å². The number of nitrogens with one attached hydrogen (secondary N) is 1. The average molecular weight is 356 g/mol. The maximum Gasteiger partial charge on any atom is 0.335 e. The van der Waals surface area contributed by atoms with E-state index in [1.54, 1.807) is 24.1 Å². The second kappa shape index (κ2) is 9.46. The molecule has 2 N–H and O–H groups in total. The van der Waals surface area contributed by atoms with E-state index in [9.17, 15) is 9.59 Å². The van der Waals surface area contributed by atoms with Gasteiger partial charge in [-0.2, -0.15) is 0 Å². The van der Waals surface area contributed by atoms with Crippen LogP contribution >= 0.6 is 0 Å². The minimum Gasteiger partial charge on any atom is -0.493 e. The molecule has 6 nitrogen and oxygen atoms in total. The van der Waals surface area contributed by atoms with Gasteiger partial charge in [-0.05, 0) is 42.7 Å². The van der Waals surface area contributed by atoms with Crippen molar-refractivity contribution >= 4 is 12.0 Å². The maximum atomic E-state index is 12.1. The van der Waals surface area contributed by atoms with Gasteiger partial charge in [-0.25, -0.2) is 9.59 Å². The molecule has 0 unspecified atom stereocenters. The number of aromatic carboxylic acids is 1. The number of carbonyl (C=O) groups is 2. The summed E-state index contributed by atoms with van der Waals surface area (Å²) in [4.78, 5) is 24.5. The first-order valence-electron chi connectivity index (χ1n) is 8.47. The number of carboxylic acid groups (broad SMARTS) is 1. The van der Waals surface area contributed by atoms with Crippen LogP contribution in [0.5, 0.6) is 5.75 Å². The number of benzene rings is 2. The zero-order valence-electron chi connectivity index (χ0n) is 15.1. The zero-order valence-corrected chi connectivity index (χ0v) is 15.1. The minimum atomic E-state index is -0.965. The number of para-hydroxylation sites is 1. The normalized spacial score (nSPS) is 10.2. The van der Waals surface area contributed by atoms with E-state index < -0.39 is 5.97 Å². The summed E-state index contributed by atoms with van der Waals surface area (Å²) in [6.07, 6.45) is 0.728. The van der Waals surface area contributed by atoms with E-state index in [0.717, 1.165) is 23.3 Å². The van der Waals surface area contributed by atoms with Crippen molar-refractivity contribution in [3.05, 3.63) is 65.2 Å². The van der Waals surface area contributed by atoms with Crippen LogP contribution in [0.2, 0.25) is 0 Å². The lowest BCUT2D eigenvalue weighted by atomic mass is 10.1.